The molecule has 0 fully saturated rings. The van der Waals surface area contributed by atoms with E-state index in [1.165, 1.54) is 6.08 Å². The van der Waals surface area contributed by atoms with Crippen LogP contribution in [-0.4, -0.2) is 24.7 Å². The molecule has 4 nitrogen and oxygen atoms in total. The predicted molar refractivity (Wildman–Crippen MR) is 60.3 cm³/mol. The number of nitrogens with one attached hydrogen (secondary N) is 1. The second-order valence-electron chi connectivity index (χ2n) is 3.57. The maximum atomic E-state index is 10.7. The number of fused-ring (bicyclic) bond motifs is 1. The van der Waals surface area contributed by atoms with Crippen LogP contribution in [0.2, 0.25) is 0 Å². The van der Waals surface area contributed by atoms with E-state index < -0.39 is 5.97 Å². The third-order valence-corrected chi connectivity index (χ3v) is 2.58. The molecule has 1 aromatic rings. The van der Waals surface area contributed by atoms with E-state index in [1.54, 1.807) is 7.11 Å². The van der Waals surface area contributed by atoms with Crippen LogP contribution in [-0.2, 0) is 11.2 Å². The van der Waals surface area contributed by atoms with Crippen LogP contribution in [0, 0.1) is 0 Å². The van der Waals surface area contributed by atoms with Crippen molar-refractivity contribution in [2.24, 2.45) is 0 Å². The molecule has 1 heterocycles. The van der Waals surface area contributed by atoms with Crippen LogP contribution in [0.1, 0.15) is 11.1 Å². The van der Waals surface area contributed by atoms with Crippen molar-refractivity contribution in [3.8, 4) is 5.75 Å². The Bertz CT molecular complexity index is 437. The zero-order valence-corrected chi connectivity index (χ0v) is 8.99. The average Bonchev–Trinajstić information content (AvgIpc) is 2.28. The van der Waals surface area contributed by atoms with Gasteiger partial charge in [0.25, 0.3) is 0 Å². The monoisotopic (exact) mass is 219 g/mol. The van der Waals surface area contributed by atoms with E-state index in [-0.39, 0.29) is 0 Å². The minimum Gasteiger partial charge on any atom is -0.496 e. The third-order valence-electron chi connectivity index (χ3n) is 2.58. The van der Waals surface area contributed by atoms with Gasteiger partial charge < -0.3 is 15.2 Å². The molecular weight excluding hydrogens is 206 g/mol. The number of carboxylic acids is 1. The zero-order valence-electron chi connectivity index (χ0n) is 8.99. The zero-order chi connectivity index (χ0) is 11.5. The van der Waals surface area contributed by atoms with E-state index in [0.717, 1.165) is 24.1 Å². The molecule has 0 aliphatic carbocycles. The summed E-state index contributed by atoms with van der Waals surface area (Å²) in [5.41, 5.74) is 2.59. The highest BCUT2D eigenvalue weighted by molar-refractivity contribution is 5.91. The maximum Gasteiger partial charge on any atom is 0.330 e. The van der Waals surface area contributed by atoms with Gasteiger partial charge in [-0.3, -0.25) is 0 Å². The van der Waals surface area contributed by atoms with E-state index in [1.807, 2.05) is 18.2 Å². The molecule has 2 rings (SSSR count). The van der Waals surface area contributed by atoms with Crippen LogP contribution in [0.3, 0.4) is 0 Å². The number of methoxy groups -OCH3 is 1. The molecule has 4 heteroatoms. The quantitative estimate of drug-likeness (QED) is 0.735. The number of aliphatic carboxylic acids is 1. The van der Waals surface area contributed by atoms with E-state index in [4.69, 9.17) is 9.84 Å². The molecule has 0 aromatic heterocycles. The maximum absolute atomic E-state index is 10.7. The van der Waals surface area contributed by atoms with E-state index in [0.29, 0.717) is 11.4 Å². The van der Waals surface area contributed by atoms with Gasteiger partial charge in [0, 0.05) is 18.2 Å². The Balaban J connectivity index is 2.55. The Morgan fingerprint density at radius 3 is 3.06 bits per heavy atom. The van der Waals surface area contributed by atoms with Crippen molar-refractivity contribution in [3.05, 3.63) is 35.4 Å². The Hall–Kier alpha value is -1.97. The lowest BCUT2D eigenvalue weighted by molar-refractivity contribution is -0.131. The van der Waals surface area contributed by atoms with E-state index >= 15 is 0 Å². The predicted octanol–water partition coefficient (Wildman–Crippen LogP) is 1.27. The topological polar surface area (TPSA) is 58.6 Å². The van der Waals surface area contributed by atoms with Gasteiger partial charge in [-0.1, -0.05) is 12.1 Å². The molecule has 0 radical (unpaired) electrons. The number of benzene rings is 1. The van der Waals surface area contributed by atoms with Gasteiger partial charge in [-0.25, -0.2) is 4.79 Å². The van der Waals surface area contributed by atoms with E-state index in [9.17, 15) is 4.79 Å². The minimum absolute atomic E-state index is 0.617. The second kappa shape index (κ2) is 4.26. The number of rotatable bonds is 2. The summed E-state index contributed by atoms with van der Waals surface area (Å²) in [4.78, 5) is 10.7. The van der Waals surface area contributed by atoms with Gasteiger partial charge >= 0.3 is 5.97 Å². The summed E-state index contributed by atoms with van der Waals surface area (Å²) in [6.45, 7) is 0.749. The van der Waals surface area contributed by atoms with Gasteiger partial charge in [-0.15, -0.1) is 0 Å². The fourth-order valence-electron chi connectivity index (χ4n) is 1.93. The molecule has 0 bridgehead atoms. The Labute approximate surface area is 93.5 Å². The Morgan fingerprint density at radius 1 is 1.56 bits per heavy atom. The summed E-state index contributed by atoms with van der Waals surface area (Å²) in [6, 6.07) is 5.75. The lowest BCUT2D eigenvalue weighted by Crippen LogP contribution is -2.23. The fraction of sp³-hybridized carbons (Fsp3) is 0.250. The third kappa shape index (κ3) is 1.86. The highest BCUT2D eigenvalue weighted by atomic mass is 16.5. The molecule has 1 aliphatic heterocycles. The van der Waals surface area contributed by atoms with Crippen molar-refractivity contribution < 1.29 is 14.6 Å². The molecule has 1 aromatic carbocycles. The number of ether oxygens (including phenoxy) is 1. The van der Waals surface area contributed by atoms with Crippen LogP contribution in [0.5, 0.6) is 5.75 Å². The first kappa shape index (κ1) is 10.5. The van der Waals surface area contributed by atoms with Crippen molar-refractivity contribution in [2.45, 2.75) is 6.42 Å². The minimum atomic E-state index is -0.957. The molecule has 16 heavy (non-hydrogen) atoms. The molecule has 0 unspecified atom stereocenters. The molecular formula is C12H13NO3. The van der Waals surface area contributed by atoms with E-state index in [2.05, 4.69) is 5.32 Å². The number of carboxylic acid groups (broad SMARTS) is 1. The Kier molecular flexibility index (Phi) is 2.81. The summed E-state index contributed by atoms with van der Waals surface area (Å²) in [7, 11) is 1.59. The first-order chi connectivity index (χ1) is 7.72. The molecule has 0 saturated carbocycles. The molecule has 2 N–H and O–H groups in total. The van der Waals surface area contributed by atoms with Gasteiger partial charge in [0.05, 0.1) is 12.8 Å². The van der Waals surface area contributed by atoms with Gasteiger partial charge in [-0.2, -0.15) is 0 Å². The molecule has 84 valence electrons. The summed E-state index contributed by atoms with van der Waals surface area (Å²) in [5.74, 6) is -0.251. The average molecular weight is 219 g/mol. The lowest BCUT2D eigenvalue weighted by Gasteiger charge is -2.22. The first-order valence-electron chi connectivity index (χ1n) is 5.07. The van der Waals surface area contributed by atoms with Crippen molar-refractivity contribution in [1.29, 1.82) is 0 Å². The smallest absolute Gasteiger partial charge is 0.330 e. The SMILES string of the molecule is COc1cccc2c1/C(=C/C(=O)O)NCC2. The highest BCUT2D eigenvalue weighted by Gasteiger charge is 2.18. The van der Waals surface area contributed by atoms with Crippen LogP contribution in [0.4, 0.5) is 0 Å². The van der Waals surface area contributed by atoms with Crippen LogP contribution >= 0.6 is 0 Å². The van der Waals surface area contributed by atoms with Crippen molar-refractivity contribution in [1.82, 2.24) is 5.32 Å². The van der Waals surface area contributed by atoms with Gasteiger partial charge in [0.1, 0.15) is 5.75 Å². The van der Waals surface area contributed by atoms with Crippen molar-refractivity contribution >= 4 is 11.7 Å². The lowest BCUT2D eigenvalue weighted by atomic mass is 9.97. The summed E-state index contributed by atoms with van der Waals surface area (Å²) < 4.78 is 5.25. The molecule has 0 amide bonds. The number of carbonyl (C=O) groups is 1. The van der Waals surface area contributed by atoms with Crippen molar-refractivity contribution in [3.63, 3.8) is 0 Å². The standard InChI is InChI=1S/C12H13NO3/c1-16-10-4-2-3-8-5-6-13-9(12(8)10)7-11(14)15/h2-4,7,13H,5-6H2,1H3,(H,14,15)/b9-7-. The summed E-state index contributed by atoms with van der Waals surface area (Å²) in [5, 5.41) is 11.9. The van der Waals surface area contributed by atoms with Crippen LogP contribution in [0.25, 0.3) is 5.70 Å². The fourth-order valence-corrected chi connectivity index (χ4v) is 1.93. The summed E-state index contributed by atoms with van der Waals surface area (Å²) >= 11 is 0. The van der Waals surface area contributed by atoms with Crippen LogP contribution in [0.15, 0.2) is 24.3 Å². The van der Waals surface area contributed by atoms with Gasteiger partial charge in [0.15, 0.2) is 0 Å². The van der Waals surface area contributed by atoms with Gasteiger partial charge in [0.2, 0.25) is 0 Å². The number of hydrogen-bond acceptors (Lipinski definition) is 3. The first-order valence-corrected chi connectivity index (χ1v) is 5.07. The summed E-state index contributed by atoms with van der Waals surface area (Å²) in [6.07, 6.45) is 2.06. The van der Waals surface area contributed by atoms with Crippen LogP contribution < -0.4 is 10.1 Å². The molecule has 0 spiro atoms. The normalized spacial score (nSPS) is 16.4. The largest absolute Gasteiger partial charge is 0.496 e. The number of hydrogen-bond donors (Lipinski definition) is 2. The molecule has 0 saturated heterocycles. The second-order valence-corrected chi connectivity index (χ2v) is 3.57. The molecule has 1 aliphatic rings. The Morgan fingerprint density at radius 2 is 2.38 bits per heavy atom. The van der Waals surface area contributed by atoms with Gasteiger partial charge in [-0.05, 0) is 18.1 Å². The van der Waals surface area contributed by atoms with Crippen molar-refractivity contribution in [2.75, 3.05) is 13.7 Å². The molecule has 0 atom stereocenters. The highest BCUT2D eigenvalue weighted by Crippen LogP contribution is 2.30.